The van der Waals surface area contributed by atoms with E-state index in [1.165, 1.54) is 0 Å². The summed E-state index contributed by atoms with van der Waals surface area (Å²) in [5.74, 6) is 0.390. The Labute approximate surface area is 130 Å². The van der Waals surface area contributed by atoms with Crippen LogP contribution >= 0.6 is 0 Å². The molecule has 7 nitrogen and oxygen atoms in total. The zero-order valence-electron chi connectivity index (χ0n) is 13.3. The van der Waals surface area contributed by atoms with Gasteiger partial charge >= 0.3 is 6.03 Å². The predicted molar refractivity (Wildman–Crippen MR) is 84.6 cm³/mol. The van der Waals surface area contributed by atoms with Crippen LogP contribution in [0.2, 0.25) is 0 Å². The van der Waals surface area contributed by atoms with Crippen LogP contribution in [0.15, 0.2) is 12.1 Å². The van der Waals surface area contributed by atoms with Crippen molar-refractivity contribution in [2.75, 3.05) is 16.8 Å². The number of rotatable bonds is 2. The first-order valence-electron chi connectivity index (χ1n) is 7.13. The summed E-state index contributed by atoms with van der Waals surface area (Å²) in [6.07, 6.45) is 0.414. The number of carbonyl (C=O) groups excluding carboxylic acids is 1. The standard InChI is InChI=1S/C14H22N4O3S/c1-13(2,3)10-5-6-11(18-17-10)15-12(19)16-14(4)7-8-22(20,21)9-14/h5-6H,7-9H2,1-4H3,(H2,15,16,18,19)/t14-/m1/s1. The molecule has 1 aliphatic rings. The molecule has 122 valence electrons. The fraction of sp³-hybridized carbons (Fsp3) is 0.643. The van der Waals surface area contributed by atoms with Crippen LogP contribution in [-0.2, 0) is 15.3 Å². The Kier molecular flexibility index (Phi) is 4.16. The molecule has 2 N–H and O–H groups in total. The van der Waals surface area contributed by atoms with Crippen molar-refractivity contribution in [1.82, 2.24) is 15.5 Å². The van der Waals surface area contributed by atoms with Crippen molar-refractivity contribution < 1.29 is 13.2 Å². The first kappa shape index (κ1) is 16.7. The van der Waals surface area contributed by atoms with Crippen molar-refractivity contribution in [3.05, 3.63) is 17.8 Å². The highest BCUT2D eigenvalue weighted by atomic mass is 32.2. The first-order valence-corrected chi connectivity index (χ1v) is 8.95. The zero-order chi connectivity index (χ0) is 16.6. The molecule has 1 aromatic rings. The maximum absolute atomic E-state index is 12.0. The SMILES string of the molecule is CC(C)(C)c1ccc(NC(=O)N[C@]2(C)CCS(=O)(=O)C2)nn1. The van der Waals surface area contributed by atoms with Crippen LogP contribution in [0.25, 0.3) is 0 Å². The van der Waals surface area contributed by atoms with E-state index in [1.807, 2.05) is 26.8 Å². The van der Waals surface area contributed by atoms with Gasteiger partial charge in [-0.1, -0.05) is 20.8 Å². The minimum atomic E-state index is -3.06. The van der Waals surface area contributed by atoms with Crippen LogP contribution in [0.1, 0.15) is 39.8 Å². The highest BCUT2D eigenvalue weighted by molar-refractivity contribution is 7.91. The van der Waals surface area contributed by atoms with E-state index < -0.39 is 21.4 Å². The van der Waals surface area contributed by atoms with E-state index in [4.69, 9.17) is 0 Å². The number of nitrogens with one attached hydrogen (secondary N) is 2. The van der Waals surface area contributed by atoms with Crippen LogP contribution in [0.3, 0.4) is 0 Å². The van der Waals surface area contributed by atoms with Crippen molar-refractivity contribution >= 4 is 21.7 Å². The molecule has 1 aromatic heterocycles. The van der Waals surface area contributed by atoms with Gasteiger partial charge in [-0.05, 0) is 25.5 Å². The van der Waals surface area contributed by atoms with Crippen molar-refractivity contribution in [3.8, 4) is 0 Å². The molecule has 0 bridgehead atoms. The molecule has 1 fully saturated rings. The number of amides is 2. The lowest BCUT2D eigenvalue weighted by atomic mass is 9.92. The van der Waals surface area contributed by atoms with Crippen molar-refractivity contribution in [2.45, 2.75) is 45.1 Å². The highest BCUT2D eigenvalue weighted by Crippen LogP contribution is 2.23. The Balaban J connectivity index is 1.98. The van der Waals surface area contributed by atoms with Gasteiger partial charge in [-0.15, -0.1) is 5.10 Å². The molecule has 0 aliphatic carbocycles. The molecule has 22 heavy (non-hydrogen) atoms. The topological polar surface area (TPSA) is 101 Å². The third kappa shape index (κ3) is 4.16. The number of aromatic nitrogens is 2. The highest BCUT2D eigenvalue weighted by Gasteiger charge is 2.39. The number of hydrogen-bond acceptors (Lipinski definition) is 5. The van der Waals surface area contributed by atoms with Gasteiger partial charge in [0.2, 0.25) is 0 Å². The molecule has 0 unspecified atom stereocenters. The van der Waals surface area contributed by atoms with E-state index >= 15 is 0 Å². The molecule has 0 saturated carbocycles. The Hall–Kier alpha value is -1.70. The third-order valence-electron chi connectivity index (χ3n) is 3.59. The second-order valence-corrected chi connectivity index (χ2v) is 9.22. The summed E-state index contributed by atoms with van der Waals surface area (Å²) in [7, 11) is -3.06. The molecular formula is C14H22N4O3S. The molecule has 2 amide bonds. The minimum Gasteiger partial charge on any atom is -0.332 e. The fourth-order valence-corrected chi connectivity index (χ4v) is 4.42. The Morgan fingerprint density at radius 3 is 2.41 bits per heavy atom. The van der Waals surface area contributed by atoms with Crippen molar-refractivity contribution in [3.63, 3.8) is 0 Å². The molecule has 2 heterocycles. The average molecular weight is 326 g/mol. The Morgan fingerprint density at radius 2 is 1.95 bits per heavy atom. The number of nitrogens with zero attached hydrogens (tertiary/aromatic N) is 2. The van der Waals surface area contributed by atoms with Gasteiger partial charge in [0.05, 0.1) is 22.7 Å². The molecule has 0 radical (unpaired) electrons. The quantitative estimate of drug-likeness (QED) is 0.857. The van der Waals surface area contributed by atoms with Crippen LogP contribution in [0.4, 0.5) is 10.6 Å². The molecule has 1 atom stereocenters. The van der Waals surface area contributed by atoms with E-state index in [0.717, 1.165) is 5.69 Å². The van der Waals surface area contributed by atoms with E-state index in [-0.39, 0.29) is 16.9 Å². The Morgan fingerprint density at radius 1 is 1.27 bits per heavy atom. The molecular weight excluding hydrogens is 304 g/mol. The fourth-order valence-electron chi connectivity index (χ4n) is 2.33. The number of carbonyl (C=O) groups is 1. The third-order valence-corrected chi connectivity index (χ3v) is 5.50. The largest absolute Gasteiger partial charge is 0.332 e. The van der Waals surface area contributed by atoms with E-state index in [2.05, 4.69) is 20.8 Å². The van der Waals surface area contributed by atoms with Crippen LogP contribution < -0.4 is 10.6 Å². The maximum Gasteiger partial charge on any atom is 0.320 e. The summed E-state index contributed by atoms with van der Waals surface area (Å²) in [6.45, 7) is 7.81. The van der Waals surface area contributed by atoms with Gasteiger partial charge in [-0.3, -0.25) is 5.32 Å². The average Bonchev–Trinajstić information content (AvgIpc) is 2.62. The number of urea groups is 1. The van der Waals surface area contributed by atoms with E-state index in [1.54, 1.807) is 13.0 Å². The second kappa shape index (κ2) is 5.49. The molecule has 8 heteroatoms. The number of anilines is 1. The molecule has 1 saturated heterocycles. The van der Waals surface area contributed by atoms with Gasteiger partial charge in [0.25, 0.3) is 0 Å². The normalized spacial score (nSPS) is 24.0. The monoisotopic (exact) mass is 326 g/mol. The van der Waals surface area contributed by atoms with Gasteiger partial charge in [0.1, 0.15) is 0 Å². The summed E-state index contributed by atoms with van der Waals surface area (Å²) in [5, 5.41) is 13.3. The lowest BCUT2D eigenvalue weighted by molar-refractivity contribution is 0.242. The number of hydrogen-bond donors (Lipinski definition) is 2. The van der Waals surface area contributed by atoms with Crippen LogP contribution in [0, 0.1) is 0 Å². The molecule has 1 aliphatic heterocycles. The van der Waals surface area contributed by atoms with Crippen LogP contribution in [-0.4, -0.2) is 41.7 Å². The maximum atomic E-state index is 12.0. The van der Waals surface area contributed by atoms with E-state index in [9.17, 15) is 13.2 Å². The summed E-state index contributed by atoms with van der Waals surface area (Å²) in [5.41, 5.74) is -0.0199. The second-order valence-electron chi connectivity index (χ2n) is 7.04. The lowest BCUT2D eigenvalue weighted by Crippen LogP contribution is -2.48. The zero-order valence-corrected chi connectivity index (χ0v) is 14.1. The van der Waals surface area contributed by atoms with Crippen LogP contribution in [0.5, 0.6) is 0 Å². The summed E-state index contributed by atoms with van der Waals surface area (Å²) in [4.78, 5) is 12.0. The van der Waals surface area contributed by atoms with Crippen molar-refractivity contribution in [2.24, 2.45) is 0 Å². The summed E-state index contributed by atoms with van der Waals surface area (Å²) in [6, 6.07) is 3.02. The van der Waals surface area contributed by atoms with Gasteiger partial charge in [0.15, 0.2) is 15.7 Å². The minimum absolute atomic E-state index is 0.0396. The molecule has 0 aromatic carbocycles. The van der Waals surface area contributed by atoms with Gasteiger partial charge in [-0.2, -0.15) is 5.10 Å². The van der Waals surface area contributed by atoms with Gasteiger partial charge in [-0.25, -0.2) is 13.2 Å². The first-order chi connectivity index (χ1) is 9.99. The molecule has 0 spiro atoms. The van der Waals surface area contributed by atoms with E-state index in [0.29, 0.717) is 12.2 Å². The predicted octanol–water partition coefficient (Wildman–Crippen LogP) is 1.47. The smallest absolute Gasteiger partial charge is 0.320 e. The number of sulfone groups is 1. The summed E-state index contributed by atoms with van der Waals surface area (Å²) >= 11 is 0. The van der Waals surface area contributed by atoms with Gasteiger partial charge < -0.3 is 5.32 Å². The lowest BCUT2D eigenvalue weighted by Gasteiger charge is -2.23. The molecule has 2 rings (SSSR count). The van der Waals surface area contributed by atoms with Crippen molar-refractivity contribution in [1.29, 1.82) is 0 Å². The van der Waals surface area contributed by atoms with Gasteiger partial charge in [0, 0.05) is 5.41 Å². The summed E-state index contributed by atoms with van der Waals surface area (Å²) < 4.78 is 23.0. The Bertz CT molecular complexity index is 664.